The van der Waals surface area contributed by atoms with Gasteiger partial charge in [-0.05, 0) is 48.2 Å². The average molecular weight is 592 g/mol. The van der Waals surface area contributed by atoms with Crippen molar-refractivity contribution in [2.45, 2.75) is 50.6 Å². The van der Waals surface area contributed by atoms with Gasteiger partial charge < -0.3 is 9.64 Å². The Morgan fingerprint density at radius 2 is 1.79 bits per heavy atom. The van der Waals surface area contributed by atoms with E-state index in [4.69, 9.17) is 4.74 Å². The molecule has 0 radical (unpaired) electrons. The third kappa shape index (κ3) is 5.30. The van der Waals surface area contributed by atoms with E-state index in [1.165, 1.54) is 30.5 Å². The Balaban J connectivity index is 1.39. The van der Waals surface area contributed by atoms with Crippen LogP contribution in [0.5, 0.6) is 0 Å². The molecule has 1 unspecified atom stereocenters. The summed E-state index contributed by atoms with van der Waals surface area (Å²) in [5.41, 5.74) is 0.0737. The maximum Gasteiger partial charge on any atom is 0.418 e. The first-order valence-electron chi connectivity index (χ1n) is 12.8. The van der Waals surface area contributed by atoms with Gasteiger partial charge in [-0.25, -0.2) is 22.9 Å². The molecule has 7 nitrogen and oxygen atoms in total. The van der Waals surface area contributed by atoms with E-state index < -0.39 is 61.1 Å². The van der Waals surface area contributed by atoms with Crippen molar-refractivity contribution < 1.29 is 45.5 Å². The van der Waals surface area contributed by atoms with Gasteiger partial charge in [-0.2, -0.15) is 13.2 Å². The molecule has 1 spiro atoms. The number of carbonyl (C=O) groups is 3. The Kier molecular flexibility index (Phi) is 7.46. The molecule has 42 heavy (non-hydrogen) atoms. The molecule has 2 aromatic carbocycles. The maximum atomic E-state index is 13.6. The lowest BCUT2D eigenvalue weighted by atomic mass is 9.93. The molecular formula is C29H23F6N3O4. The number of nitrogens with zero attached hydrogens (tertiary/aromatic N) is 3. The van der Waals surface area contributed by atoms with Crippen LogP contribution < -0.4 is 0 Å². The summed E-state index contributed by atoms with van der Waals surface area (Å²) in [6.45, 7) is -0.778. The molecule has 2 atom stereocenters. The number of carbonyl (C=O) groups excluding carboxylic acids is 3. The van der Waals surface area contributed by atoms with Crippen molar-refractivity contribution in [3.05, 3.63) is 89.0 Å². The highest BCUT2D eigenvalue weighted by Gasteiger charge is 2.58. The summed E-state index contributed by atoms with van der Waals surface area (Å²) in [5, 5.41) is 0. The summed E-state index contributed by atoms with van der Waals surface area (Å²) in [5.74, 6) is -2.67. The molecule has 1 saturated heterocycles. The molecular weight excluding hydrogens is 568 g/mol. The normalized spacial score (nSPS) is 18.9. The van der Waals surface area contributed by atoms with Crippen molar-refractivity contribution in [2.75, 3.05) is 6.54 Å². The van der Waals surface area contributed by atoms with Crippen molar-refractivity contribution >= 4 is 17.9 Å². The smallest absolute Gasteiger partial charge is 0.418 e. The largest absolute Gasteiger partial charge is 0.427 e. The molecule has 0 bridgehead atoms. The first-order chi connectivity index (χ1) is 19.8. The summed E-state index contributed by atoms with van der Waals surface area (Å²) in [7, 11) is 0. The molecule has 13 heteroatoms. The van der Waals surface area contributed by atoms with E-state index in [1.807, 2.05) is 0 Å². The van der Waals surface area contributed by atoms with Crippen LogP contribution in [-0.4, -0.2) is 51.5 Å². The first-order valence-corrected chi connectivity index (χ1v) is 12.8. The molecule has 1 aromatic heterocycles. The van der Waals surface area contributed by atoms with Gasteiger partial charge in [0.1, 0.15) is 18.4 Å². The van der Waals surface area contributed by atoms with Gasteiger partial charge in [-0.15, -0.1) is 0 Å². The minimum absolute atomic E-state index is 0.0224. The number of hydrogen-bond donors (Lipinski definition) is 0. The fourth-order valence-corrected chi connectivity index (χ4v) is 5.20. The van der Waals surface area contributed by atoms with E-state index >= 15 is 0 Å². The van der Waals surface area contributed by atoms with Crippen molar-refractivity contribution in [2.24, 2.45) is 0 Å². The van der Waals surface area contributed by atoms with E-state index in [1.54, 1.807) is 12.1 Å². The Morgan fingerprint density at radius 1 is 1.07 bits per heavy atom. The maximum absolute atomic E-state index is 13.6. The van der Waals surface area contributed by atoms with Crippen molar-refractivity contribution in [1.82, 2.24) is 14.8 Å². The van der Waals surface area contributed by atoms with Gasteiger partial charge in [0.05, 0.1) is 0 Å². The van der Waals surface area contributed by atoms with Gasteiger partial charge in [0.25, 0.3) is 12.3 Å². The molecule has 1 fully saturated rings. The number of hydrogen-bond acceptors (Lipinski definition) is 5. The highest BCUT2D eigenvalue weighted by Crippen LogP contribution is 2.46. The molecule has 2 heterocycles. The fraction of sp³-hybridized carbons (Fsp3) is 0.310. The van der Waals surface area contributed by atoms with Crippen LogP contribution in [0.15, 0.2) is 60.9 Å². The van der Waals surface area contributed by atoms with Crippen LogP contribution in [0.2, 0.25) is 0 Å². The molecule has 2 aliphatic rings. The van der Waals surface area contributed by atoms with Crippen LogP contribution in [0.3, 0.4) is 0 Å². The number of pyridine rings is 1. The monoisotopic (exact) mass is 591 g/mol. The molecule has 3 amide bonds. The van der Waals surface area contributed by atoms with Crippen molar-refractivity contribution in [1.29, 1.82) is 0 Å². The quantitative estimate of drug-likeness (QED) is 0.319. The summed E-state index contributed by atoms with van der Waals surface area (Å²) >= 11 is 0. The topological polar surface area (TPSA) is 79.8 Å². The third-order valence-electron chi connectivity index (χ3n) is 7.53. The van der Waals surface area contributed by atoms with Gasteiger partial charge in [0, 0.05) is 42.0 Å². The average Bonchev–Trinajstić information content (AvgIpc) is 3.43. The SMILES string of the molecule is CC(N(Cc1ccc(F)cc1)C(=O)CN1C(=O)O[C@@]2(CCc3cc(-c4cncc(C(F)F)c4)ccc32)C1=O)C(F)(F)F. The van der Waals surface area contributed by atoms with Gasteiger partial charge in [-0.3, -0.25) is 14.6 Å². The summed E-state index contributed by atoms with van der Waals surface area (Å²) in [4.78, 5) is 44.4. The number of benzene rings is 2. The minimum Gasteiger partial charge on any atom is -0.427 e. The number of amides is 3. The molecule has 1 aliphatic carbocycles. The lowest BCUT2D eigenvalue weighted by Gasteiger charge is -2.31. The number of aryl methyl sites for hydroxylation is 1. The van der Waals surface area contributed by atoms with Gasteiger partial charge in [0.15, 0.2) is 0 Å². The van der Waals surface area contributed by atoms with Crippen LogP contribution in [0.1, 0.15) is 42.0 Å². The number of alkyl halides is 5. The standard InChI is InChI=1S/C29H23F6N3O4/c1-16(29(33,34)35)37(14-17-2-5-22(30)6-3-17)24(39)15-38-26(40)28(42-27(38)41)9-8-19-10-18(4-7-23(19)28)20-11-21(25(31)32)13-36-12-20/h2-7,10-13,16,25H,8-9,14-15H2,1H3/t16?,28-/m1/s1. The second-order valence-corrected chi connectivity index (χ2v) is 10.1. The van der Waals surface area contributed by atoms with Gasteiger partial charge >= 0.3 is 12.3 Å². The number of imide groups is 1. The zero-order valence-corrected chi connectivity index (χ0v) is 22.0. The number of ether oxygens (including phenoxy) is 1. The van der Waals surface area contributed by atoms with E-state index in [-0.39, 0.29) is 24.0 Å². The summed E-state index contributed by atoms with van der Waals surface area (Å²) < 4.78 is 86.0. The third-order valence-corrected chi connectivity index (χ3v) is 7.53. The van der Waals surface area contributed by atoms with Crippen molar-refractivity contribution in [3.8, 4) is 11.1 Å². The van der Waals surface area contributed by atoms with Crippen molar-refractivity contribution in [3.63, 3.8) is 0 Å². The lowest BCUT2D eigenvalue weighted by molar-refractivity contribution is -0.187. The molecule has 3 aromatic rings. The summed E-state index contributed by atoms with van der Waals surface area (Å²) in [6.07, 6.45) is -5.96. The zero-order valence-electron chi connectivity index (χ0n) is 22.0. The van der Waals surface area contributed by atoms with Crippen LogP contribution in [0.4, 0.5) is 31.1 Å². The Labute approximate surface area is 235 Å². The molecule has 5 rings (SSSR count). The fourth-order valence-electron chi connectivity index (χ4n) is 5.20. The zero-order chi connectivity index (χ0) is 30.4. The number of fused-ring (bicyclic) bond motifs is 2. The molecule has 220 valence electrons. The number of halogens is 6. The number of aromatic nitrogens is 1. The molecule has 1 aliphatic heterocycles. The highest BCUT2D eigenvalue weighted by atomic mass is 19.4. The van der Waals surface area contributed by atoms with Crippen LogP contribution in [-0.2, 0) is 32.9 Å². The van der Waals surface area contributed by atoms with Crippen LogP contribution in [0, 0.1) is 5.82 Å². The van der Waals surface area contributed by atoms with E-state index in [9.17, 15) is 40.7 Å². The second-order valence-electron chi connectivity index (χ2n) is 10.1. The van der Waals surface area contributed by atoms with Crippen LogP contribution >= 0.6 is 0 Å². The van der Waals surface area contributed by atoms with E-state index in [0.717, 1.165) is 25.3 Å². The predicted molar refractivity (Wildman–Crippen MR) is 135 cm³/mol. The van der Waals surface area contributed by atoms with Gasteiger partial charge in [-0.1, -0.05) is 30.3 Å². The Hall–Kier alpha value is -4.42. The predicted octanol–water partition coefficient (Wildman–Crippen LogP) is 5.93. The number of rotatable bonds is 7. The van der Waals surface area contributed by atoms with Crippen LogP contribution in [0.25, 0.3) is 11.1 Å². The summed E-state index contributed by atoms with van der Waals surface area (Å²) in [6, 6.07) is 8.30. The second kappa shape index (κ2) is 10.8. The molecule has 0 N–H and O–H groups in total. The van der Waals surface area contributed by atoms with E-state index in [0.29, 0.717) is 32.1 Å². The molecule has 0 saturated carbocycles. The van der Waals surface area contributed by atoms with E-state index in [2.05, 4.69) is 4.98 Å². The lowest BCUT2D eigenvalue weighted by Crippen LogP contribution is -2.51. The Morgan fingerprint density at radius 3 is 2.45 bits per heavy atom. The minimum atomic E-state index is -4.82. The first kappa shape index (κ1) is 29.1. The Bertz CT molecular complexity index is 1550. The van der Waals surface area contributed by atoms with Gasteiger partial charge in [0.2, 0.25) is 11.5 Å². The highest BCUT2D eigenvalue weighted by molar-refractivity contribution is 6.06.